The first-order valence-corrected chi connectivity index (χ1v) is 24.5. The van der Waals surface area contributed by atoms with E-state index in [0.29, 0.717) is 22.9 Å². The number of aliphatic hydroxyl groups is 2. The van der Waals surface area contributed by atoms with Crippen LogP contribution in [-0.2, 0) is 59.2 Å². The van der Waals surface area contributed by atoms with Crippen molar-refractivity contribution in [2.45, 2.75) is 125 Å². The van der Waals surface area contributed by atoms with E-state index in [4.69, 9.17) is 17.2 Å². The summed E-state index contributed by atoms with van der Waals surface area (Å²) in [5.74, 6) is -12.2. The Morgan fingerprint density at radius 1 is 0.753 bits per heavy atom. The lowest BCUT2D eigenvalue weighted by molar-refractivity contribution is -0.143. The molecule has 2 aromatic rings. The van der Waals surface area contributed by atoms with Gasteiger partial charge in [0.15, 0.2) is 0 Å². The quantitative estimate of drug-likeness (QED) is 0.0248. The average Bonchev–Trinajstić information content (AvgIpc) is 4.01. The summed E-state index contributed by atoms with van der Waals surface area (Å²) in [5.41, 5.74) is 17.9. The number of carbonyl (C=O) groups excluding carboxylic acids is 9. The molecule has 0 saturated carbocycles. The molecule has 1 aliphatic heterocycles. The molecule has 73 heavy (non-hydrogen) atoms. The number of primary amides is 1. The Morgan fingerprint density at radius 3 is 1.96 bits per heavy atom. The summed E-state index contributed by atoms with van der Waals surface area (Å²) < 4.78 is 0. The first-order chi connectivity index (χ1) is 34.6. The minimum atomic E-state index is -1.80. The third-order valence-corrected chi connectivity index (χ3v) is 12.4. The highest BCUT2D eigenvalue weighted by Crippen LogP contribution is 2.22. The highest BCUT2D eigenvalue weighted by atomic mass is 32.1. The molecule has 1 aromatic carbocycles. The second kappa shape index (κ2) is 29.9. The summed E-state index contributed by atoms with van der Waals surface area (Å²) in [6.45, 7) is 0.347. The van der Waals surface area contributed by atoms with Gasteiger partial charge >= 0.3 is 11.9 Å². The standard InChI is InChI=1S/C44H66N12O15S2/c1-21(58)35(55-39(65)28(15-22-17-48-25-8-3-2-7-23(22)25)52-38(64)29(16-34(60)61)51-36(62)24(46)19-72)42(68)50-27(9-4-5-13-45)43(69)56-14-6-10-32(56)41(67)49-26(11-12-33(47)59)37(63)53-30(18-57)40(66)54-31(20-73)44(70)71/h2-3,7-8,17,21,24,26-32,35,48,57-58,72-73H,4-6,9-16,18-20,45-46H2,1H3,(H2,47,59)(H,49,67)(H,50,68)(H,51,62)(H,52,64)(H,53,63)(H,54,66)(H,55,65)(H,60,61)(H,70,71)/t21-,24+,26+,27+,28+,29+,30+,31+,32+,35+/m1/s1. The number of amides is 9. The highest BCUT2D eigenvalue weighted by Gasteiger charge is 2.41. The van der Waals surface area contributed by atoms with Gasteiger partial charge in [0, 0.05) is 48.0 Å². The number of thiol groups is 2. The highest BCUT2D eigenvalue weighted by molar-refractivity contribution is 7.80. The predicted octanol–water partition coefficient (Wildman–Crippen LogP) is -5.39. The Bertz CT molecular complexity index is 2300. The number of carboxylic acids is 2. The van der Waals surface area contributed by atoms with Crippen molar-refractivity contribution < 1.29 is 73.2 Å². The van der Waals surface area contributed by atoms with Crippen molar-refractivity contribution in [3.05, 3.63) is 36.0 Å². The van der Waals surface area contributed by atoms with E-state index in [0.717, 1.165) is 4.90 Å². The molecule has 1 saturated heterocycles. The van der Waals surface area contributed by atoms with Gasteiger partial charge in [-0.15, -0.1) is 0 Å². The molecule has 0 radical (unpaired) electrons. The van der Waals surface area contributed by atoms with Gasteiger partial charge in [0.05, 0.1) is 25.2 Å². The van der Waals surface area contributed by atoms with Crippen molar-refractivity contribution >= 4 is 101 Å². The average molecular weight is 1070 g/mol. The molecule has 29 heteroatoms. The molecule has 18 N–H and O–H groups in total. The number of H-pyrrole nitrogens is 1. The van der Waals surface area contributed by atoms with Gasteiger partial charge in [-0.2, -0.15) is 25.3 Å². The van der Waals surface area contributed by atoms with Crippen LogP contribution in [0.3, 0.4) is 0 Å². The number of hydrogen-bond acceptors (Lipinski definition) is 17. The number of aromatic nitrogens is 1. The Hall–Kier alpha value is -6.53. The molecule has 1 aromatic heterocycles. The van der Waals surface area contributed by atoms with Crippen LogP contribution in [0.15, 0.2) is 30.5 Å². The number of benzene rings is 1. The van der Waals surface area contributed by atoms with Gasteiger partial charge in [0.1, 0.15) is 48.3 Å². The molecule has 0 spiro atoms. The van der Waals surface area contributed by atoms with E-state index in [1.165, 1.54) is 6.92 Å². The zero-order valence-electron chi connectivity index (χ0n) is 39.9. The van der Waals surface area contributed by atoms with Gasteiger partial charge in [0.2, 0.25) is 53.2 Å². The van der Waals surface area contributed by atoms with Crippen LogP contribution in [0.5, 0.6) is 0 Å². The van der Waals surface area contributed by atoms with E-state index in [1.807, 2.05) is 0 Å². The lowest BCUT2D eigenvalue weighted by Crippen LogP contribution is -2.62. The number of rotatable bonds is 31. The van der Waals surface area contributed by atoms with Crippen molar-refractivity contribution in [3.63, 3.8) is 0 Å². The summed E-state index contributed by atoms with van der Waals surface area (Å²) in [4.78, 5) is 148. The van der Waals surface area contributed by atoms with Crippen LogP contribution in [0.1, 0.15) is 63.9 Å². The van der Waals surface area contributed by atoms with Crippen molar-refractivity contribution in [1.29, 1.82) is 0 Å². The monoisotopic (exact) mass is 1070 g/mol. The maximum Gasteiger partial charge on any atom is 0.327 e. The number of aliphatic hydroxyl groups excluding tert-OH is 2. The number of aromatic amines is 1. The number of nitrogens with zero attached hydrogens (tertiary/aromatic N) is 1. The first kappa shape index (κ1) is 60.8. The molecule has 1 aliphatic rings. The molecule has 9 amide bonds. The van der Waals surface area contributed by atoms with Crippen molar-refractivity contribution in [2.24, 2.45) is 17.2 Å². The van der Waals surface area contributed by atoms with Crippen LogP contribution in [0.25, 0.3) is 10.9 Å². The Balaban J connectivity index is 1.89. The third-order valence-electron chi connectivity index (χ3n) is 11.7. The minimum Gasteiger partial charge on any atom is -0.481 e. The molecule has 1 fully saturated rings. The second-order valence-corrected chi connectivity index (χ2v) is 18.0. The van der Waals surface area contributed by atoms with E-state index in [-0.39, 0.29) is 56.7 Å². The van der Waals surface area contributed by atoms with Crippen LogP contribution in [0, 0.1) is 0 Å². The topological polar surface area (TPSA) is 450 Å². The van der Waals surface area contributed by atoms with Gasteiger partial charge in [-0.3, -0.25) is 47.9 Å². The predicted molar refractivity (Wildman–Crippen MR) is 266 cm³/mol. The van der Waals surface area contributed by atoms with Crippen molar-refractivity contribution in [1.82, 2.24) is 47.1 Å². The molecule has 404 valence electrons. The first-order valence-electron chi connectivity index (χ1n) is 23.2. The second-order valence-electron chi connectivity index (χ2n) is 17.2. The number of para-hydroxylation sites is 1. The van der Waals surface area contributed by atoms with E-state index in [9.17, 15) is 73.2 Å². The molecule has 0 aliphatic carbocycles. The normalized spacial score (nSPS) is 17.0. The largest absolute Gasteiger partial charge is 0.481 e. The van der Waals surface area contributed by atoms with Crippen molar-refractivity contribution in [3.8, 4) is 0 Å². The zero-order valence-corrected chi connectivity index (χ0v) is 41.7. The van der Waals surface area contributed by atoms with Crippen molar-refractivity contribution in [2.75, 3.05) is 31.2 Å². The molecular weight excluding hydrogens is 1000 g/mol. The number of nitrogens with one attached hydrogen (secondary N) is 8. The molecular formula is C44H66N12O15S2. The lowest BCUT2D eigenvalue weighted by atomic mass is 10.0. The Kier molecular flexibility index (Phi) is 24.9. The van der Waals surface area contributed by atoms with E-state index in [2.05, 4.69) is 67.5 Å². The number of likely N-dealkylation sites (tertiary alicyclic amines) is 1. The van der Waals surface area contributed by atoms with Gasteiger partial charge in [0.25, 0.3) is 0 Å². The number of fused-ring (bicyclic) bond motifs is 1. The van der Waals surface area contributed by atoms with Crippen LogP contribution in [-0.4, -0.2) is 187 Å². The Labute approximate surface area is 429 Å². The summed E-state index contributed by atoms with van der Waals surface area (Å²) in [6, 6.07) is -6.80. The number of hydrogen-bond donors (Lipinski definition) is 17. The fourth-order valence-corrected chi connectivity index (χ4v) is 8.08. The smallest absolute Gasteiger partial charge is 0.327 e. The van der Waals surface area contributed by atoms with Gasteiger partial charge in [-0.05, 0) is 63.6 Å². The molecule has 10 atom stereocenters. The van der Waals surface area contributed by atoms with Gasteiger partial charge in [-0.1, -0.05) is 18.2 Å². The summed E-state index contributed by atoms with van der Waals surface area (Å²) in [5, 5.41) is 56.8. The van der Waals surface area contributed by atoms with Gasteiger partial charge < -0.3 is 84.7 Å². The molecule has 3 rings (SSSR count). The maximum atomic E-state index is 14.4. The summed E-state index contributed by atoms with van der Waals surface area (Å²) in [7, 11) is 0. The fraction of sp³-hybridized carbons (Fsp3) is 0.568. The van der Waals surface area contributed by atoms with E-state index in [1.54, 1.807) is 30.5 Å². The summed E-state index contributed by atoms with van der Waals surface area (Å²) >= 11 is 7.83. The molecule has 2 heterocycles. The number of nitrogens with two attached hydrogens (primary N) is 3. The van der Waals surface area contributed by atoms with E-state index >= 15 is 0 Å². The molecule has 27 nitrogen and oxygen atoms in total. The van der Waals surface area contributed by atoms with Crippen LogP contribution >= 0.6 is 25.3 Å². The summed E-state index contributed by atoms with van der Waals surface area (Å²) in [6.07, 6.45) is -1.17. The van der Waals surface area contributed by atoms with E-state index < -0.39 is 151 Å². The number of aliphatic carboxylic acids is 2. The number of unbranched alkanes of at least 4 members (excludes halogenated alkanes) is 1. The SMILES string of the molecule is C[C@@H](O)[C@H](NC(=O)[C@H](Cc1c[nH]c2ccccc12)NC(=O)[C@H](CC(=O)O)NC(=O)[C@@H](N)CS)C(=O)N[C@@H](CCCCN)C(=O)N1CCC[C@H]1C(=O)N[C@@H](CCC(N)=O)C(=O)N[C@@H](CO)C(=O)N[C@@H](CS)C(=O)O. The van der Waals surface area contributed by atoms with Crippen LogP contribution < -0.4 is 54.4 Å². The maximum absolute atomic E-state index is 14.4. The molecule has 0 bridgehead atoms. The van der Waals surface area contributed by atoms with Crippen LogP contribution in [0.2, 0.25) is 0 Å². The lowest BCUT2D eigenvalue weighted by Gasteiger charge is -2.31. The zero-order chi connectivity index (χ0) is 54.5. The number of carbonyl (C=O) groups is 11. The molecule has 0 unspecified atom stereocenters. The fourth-order valence-electron chi connectivity index (χ4n) is 7.67. The van der Waals surface area contributed by atoms with Crippen LogP contribution in [0.4, 0.5) is 0 Å². The number of carboxylic acid groups (broad SMARTS) is 2. The minimum absolute atomic E-state index is 0.0172. The third kappa shape index (κ3) is 18.5. The Morgan fingerprint density at radius 2 is 1.36 bits per heavy atom. The van der Waals surface area contributed by atoms with Gasteiger partial charge in [-0.25, -0.2) is 4.79 Å².